The monoisotopic (exact) mass is 234 g/mol. The molecule has 0 aliphatic carbocycles. The smallest absolute Gasteiger partial charge is 0.419 e. The summed E-state index contributed by atoms with van der Waals surface area (Å²) in [6.45, 7) is 2.85. The van der Waals surface area contributed by atoms with Gasteiger partial charge in [0.15, 0.2) is 0 Å². The highest BCUT2D eigenvalue weighted by Crippen LogP contribution is 2.38. The largest absolute Gasteiger partial charge is 0.496 e. The molecule has 0 heterocycles. The lowest BCUT2D eigenvalue weighted by Gasteiger charge is -2.20. The molecule has 1 aromatic rings. The standard InChI is InChI=1S/C11H13F3O2/c1-10(2,15)7-4-5-9(16-3)8(6-7)11(12,13)14/h4-6,15H,1-3H3. The first-order chi connectivity index (χ1) is 7.16. The van der Waals surface area contributed by atoms with Crippen LogP contribution in [0.15, 0.2) is 18.2 Å². The molecule has 0 aliphatic rings. The molecule has 0 aliphatic heterocycles. The molecule has 0 radical (unpaired) electrons. The fourth-order valence-corrected chi connectivity index (χ4v) is 1.31. The normalized spacial score (nSPS) is 12.7. The molecule has 0 aromatic heterocycles. The number of halogens is 3. The Bertz CT molecular complexity index is 378. The Hall–Kier alpha value is -1.23. The second kappa shape index (κ2) is 3.97. The van der Waals surface area contributed by atoms with Crippen LogP contribution in [0.25, 0.3) is 0 Å². The van der Waals surface area contributed by atoms with Crippen molar-refractivity contribution in [3.05, 3.63) is 29.3 Å². The number of rotatable bonds is 2. The predicted octanol–water partition coefficient (Wildman–Crippen LogP) is 2.94. The van der Waals surface area contributed by atoms with Crippen molar-refractivity contribution in [3.63, 3.8) is 0 Å². The van der Waals surface area contributed by atoms with Crippen molar-refractivity contribution < 1.29 is 23.0 Å². The average Bonchev–Trinajstić information content (AvgIpc) is 2.14. The number of methoxy groups -OCH3 is 1. The lowest BCUT2D eigenvalue weighted by atomic mass is 9.96. The van der Waals surface area contributed by atoms with Gasteiger partial charge < -0.3 is 9.84 Å². The van der Waals surface area contributed by atoms with Gasteiger partial charge in [-0.2, -0.15) is 13.2 Å². The molecule has 0 fully saturated rings. The van der Waals surface area contributed by atoms with Crippen molar-refractivity contribution in [2.45, 2.75) is 25.6 Å². The number of alkyl halides is 3. The summed E-state index contributed by atoms with van der Waals surface area (Å²) in [5, 5.41) is 9.63. The minimum absolute atomic E-state index is 0.195. The van der Waals surface area contributed by atoms with Gasteiger partial charge in [0, 0.05) is 0 Å². The van der Waals surface area contributed by atoms with Gasteiger partial charge in [-0.15, -0.1) is 0 Å². The Morgan fingerprint density at radius 2 is 1.75 bits per heavy atom. The van der Waals surface area contributed by atoms with Crippen LogP contribution in [0.3, 0.4) is 0 Å². The molecule has 0 atom stereocenters. The van der Waals surface area contributed by atoms with E-state index in [1.807, 2.05) is 0 Å². The van der Waals surface area contributed by atoms with Crippen LogP contribution in [0, 0.1) is 0 Å². The Balaban J connectivity index is 3.34. The lowest BCUT2D eigenvalue weighted by Crippen LogP contribution is -2.17. The van der Waals surface area contributed by atoms with Gasteiger partial charge in [-0.1, -0.05) is 6.07 Å². The first kappa shape index (κ1) is 12.8. The van der Waals surface area contributed by atoms with E-state index in [1.165, 1.54) is 33.1 Å². The molecule has 1 rings (SSSR count). The Morgan fingerprint density at radius 1 is 1.19 bits per heavy atom. The first-order valence-corrected chi connectivity index (χ1v) is 4.64. The molecule has 1 N–H and O–H groups in total. The zero-order valence-electron chi connectivity index (χ0n) is 9.22. The minimum Gasteiger partial charge on any atom is -0.496 e. The second-order valence-electron chi connectivity index (χ2n) is 3.97. The second-order valence-corrected chi connectivity index (χ2v) is 3.97. The van der Waals surface area contributed by atoms with E-state index in [1.54, 1.807) is 0 Å². The highest BCUT2D eigenvalue weighted by Gasteiger charge is 2.35. The molecule has 0 bridgehead atoms. The van der Waals surface area contributed by atoms with Crippen LogP contribution in [-0.2, 0) is 11.8 Å². The van der Waals surface area contributed by atoms with Crippen molar-refractivity contribution in [2.75, 3.05) is 7.11 Å². The van der Waals surface area contributed by atoms with Gasteiger partial charge in [0.25, 0.3) is 0 Å². The fraction of sp³-hybridized carbons (Fsp3) is 0.455. The first-order valence-electron chi connectivity index (χ1n) is 4.64. The maximum Gasteiger partial charge on any atom is 0.419 e. The number of aliphatic hydroxyl groups is 1. The van der Waals surface area contributed by atoms with Gasteiger partial charge >= 0.3 is 6.18 Å². The van der Waals surface area contributed by atoms with Crippen molar-refractivity contribution in [1.82, 2.24) is 0 Å². The Labute approximate surface area is 91.7 Å². The summed E-state index contributed by atoms with van der Waals surface area (Å²) in [7, 11) is 1.17. The van der Waals surface area contributed by atoms with Crippen LogP contribution in [0.5, 0.6) is 5.75 Å². The van der Waals surface area contributed by atoms with Gasteiger partial charge in [-0.3, -0.25) is 0 Å². The van der Waals surface area contributed by atoms with Gasteiger partial charge in [0.05, 0.1) is 18.3 Å². The zero-order valence-corrected chi connectivity index (χ0v) is 9.22. The number of hydrogen-bond donors (Lipinski definition) is 1. The molecule has 1 aromatic carbocycles. The molecule has 0 unspecified atom stereocenters. The number of ether oxygens (including phenoxy) is 1. The van der Waals surface area contributed by atoms with Gasteiger partial charge in [-0.05, 0) is 31.5 Å². The van der Waals surface area contributed by atoms with Gasteiger partial charge in [-0.25, -0.2) is 0 Å². The highest BCUT2D eigenvalue weighted by molar-refractivity contribution is 5.40. The minimum atomic E-state index is -4.49. The molecule has 0 spiro atoms. The third-order valence-corrected chi connectivity index (χ3v) is 2.21. The van der Waals surface area contributed by atoms with E-state index in [0.717, 1.165) is 6.07 Å². The van der Waals surface area contributed by atoms with Crippen LogP contribution in [0.4, 0.5) is 13.2 Å². The Kier molecular flexibility index (Phi) is 3.19. The van der Waals surface area contributed by atoms with E-state index in [-0.39, 0.29) is 11.3 Å². The van der Waals surface area contributed by atoms with Crippen molar-refractivity contribution in [3.8, 4) is 5.75 Å². The van der Waals surface area contributed by atoms with Crippen LogP contribution >= 0.6 is 0 Å². The topological polar surface area (TPSA) is 29.5 Å². The van der Waals surface area contributed by atoms with Crippen LogP contribution < -0.4 is 4.74 Å². The van der Waals surface area contributed by atoms with E-state index in [4.69, 9.17) is 0 Å². The summed E-state index contributed by atoms with van der Waals surface area (Å²) < 4.78 is 42.6. The van der Waals surface area contributed by atoms with Crippen LogP contribution in [0.2, 0.25) is 0 Å². The van der Waals surface area contributed by atoms with E-state index in [0.29, 0.717) is 0 Å². The van der Waals surface area contributed by atoms with Crippen LogP contribution in [-0.4, -0.2) is 12.2 Å². The summed E-state index contributed by atoms with van der Waals surface area (Å²) in [6.07, 6.45) is -4.49. The van der Waals surface area contributed by atoms with Gasteiger partial charge in [0.1, 0.15) is 5.75 Å². The van der Waals surface area contributed by atoms with Crippen molar-refractivity contribution in [1.29, 1.82) is 0 Å². The maximum absolute atomic E-state index is 12.6. The molecule has 5 heteroatoms. The highest BCUT2D eigenvalue weighted by atomic mass is 19.4. The summed E-state index contributed by atoms with van der Waals surface area (Å²) in [6, 6.07) is 3.52. The summed E-state index contributed by atoms with van der Waals surface area (Å²) in [5.41, 5.74) is -2.00. The molecule has 16 heavy (non-hydrogen) atoms. The average molecular weight is 234 g/mol. The van der Waals surface area contributed by atoms with Crippen LogP contribution in [0.1, 0.15) is 25.0 Å². The Morgan fingerprint density at radius 3 is 2.12 bits per heavy atom. The number of benzene rings is 1. The third-order valence-electron chi connectivity index (χ3n) is 2.21. The summed E-state index contributed by atoms with van der Waals surface area (Å²) in [4.78, 5) is 0. The predicted molar refractivity (Wildman–Crippen MR) is 53.2 cm³/mol. The molecule has 2 nitrogen and oxygen atoms in total. The fourth-order valence-electron chi connectivity index (χ4n) is 1.31. The molecule has 90 valence electrons. The molecule has 0 saturated heterocycles. The molecule has 0 saturated carbocycles. The SMILES string of the molecule is COc1ccc(C(C)(C)O)cc1C(F)(F)F. The van der Waals surface area contributed by atoms with Crippen molar-refractivity contribution >= 4 is 0 Å². The number of hydrogen-bond acceptors (Lipinski definition) is 2. The maximum atomic E-state index is 12.6. The molecule has 0 amide bonds. The van der Waals surface area contributed by atoms with E-state index in [2.05, 4.69) is 4.74 Å². The van der Waals surface area contributed by atoms with E-state index < -0.39 is 17.3 Å². The zero-order chi connectivity index (χ0) is 12.6. The summed E-state index contributed by atoms with van der Waals surface area (Å²) in [5.74, 6) is -0.250. The quantitative estimate of drug-likeness (QED) is 0.852. The van der Waals surface area contributed by atoms with Gasteiger partial charge in [0.2, 0.25) is 0 Å². The van der Waals surface area contributed by atoms with E-state index >= 15 is 0 Å². The molecular formula is C11H13F3O2. The molecular weight excluding hydrogens is 221 g/mol. The van der Waals surface area contributed by atoms with Crippen molar-refractivity contribution in [2.24, 2.45) is 0 Å². The lowest BCUT2D eigenvalue weighted by molar-refractivity contribution is -0.138. The summed E-state index contributed by atoms with van der Waals surface area (Å²) >= 11 is 0. The third kappa shape index (κ3) is 2.66. The van der Waals surface area contributed by atoms with E-state index in [9.17, 15) is 18.3 Å².